The Morgan fingerprint density at radius 2 is 1.76 bits per heavy atom. The van der Waals surface area contributed by atoms with Crippen molar-refractivity contribution in [1.82, 2.24) is 9.78 Å². The van der Waals surface area contributed by atoms with Crippen molar-refractivity contribution in [3.63, 3.8) is 0 Å². The lowest BCUT2D eigenvalue weighted by Crippen LogP contribution is -2.35. The first-order chi connectivity index (χ1) is 12.1. The van der Waals surface area contributed by atoms with E-state index in [1.807, 2.05) is 48.5 Å². The maximum absolute atomic E-state index is 13.0. The molecule has 6 nitrogen and oxygen atoms in total. The third kappa shape index (κ3) is 2.34. The second-order valence-electron chi connectivity index (χ2n) is 5.95. The Labute approximate surface area is 144 Å². The molecule has 2 heterocycles. The van der Waals surface area contributed by atoms with Gasteiger partial charge in [0.2, 0.25) is 12.1 Å². The average Bonchev–Trinajstić information content (AvgIpc) is 3.12. The Bertz CT molecular complexity index is 1000. The number of aromatic nitrogens is 2. The minimum Gasteiger partial charge on any atom is -0.463 e. The van der Waals surface area contributed by atoms with E-state index in [0.717, 1.165) is 5.69 Å². The molecule has 6 heteroatoms. The first kappa shape index (κ1) is 15.3. The molecule has 1 aliphatic rings. The largest absolute Gasteiger partial charge is 0.463 e. The summed E-state index contributed by atoms with van der Waals surface area (Å²) in [5, 5.41) is 3.08. The van der Waals surface area contributed by atoms with Crippen molar-refractivity contribution in [2.24, 2.45) is 0 Å². The van der Waals surface area contributed by atoms with Gasteiger partial charge in [-0.25, -0.2) is 4.68 Å². The number of carbonyl (C=O) groups excluding carboxylic acids is 1. The predicted molar refractivity (Wildman–Crippen MR) is 94.1 cm³/mol. The van der Waals surface area contributed by atoms with E-state index in [2.05, 4.69) is 5.10 Å². The highest BCUT2D eigenvalue weighted by Crippen LogP contribution is 2.43. The summed E-state index contributed by atoms with van der Waals surface area (Å²) in [6, 6.07) is 16.6. The number of aromatic amines is 1. The normalized spacial score (nSPS) is 15.8. The highest BCUT2D eigenvalue weighted by Gasteiger charge is 2.38. The molecule has 0 aliphatic carbocycles. The number of nitrogens with zero attached hydrogens (tertiary/aromatic N) is 2. The van der Waals surface area contributed by atoms with E-state index in [4.69, 9.17) is 4.74 Å². The molecular weight excluding hydrogens is 318 g/mol. The Morgan fingerprint density at radius 3 is 2.48 bits per heavy atom. The third-order valence-corrected chi connectivity index (χ3v) is 4.32. The number of benzene rings is 2. The quantitative estimate of drug-likeness (QED) is 0.783. The Morgan fingerprint density at radius 1 is 1.08 bits per heavy atom. The molecule has 25 heavy (non-hydrogen) atoms. The number of carbonyl (C=O) groups is 1. The third-order valence-electron chi connectivity index (χ3n) is 4.32. The van der Waals surface area contributed by atoms with Crippen molar-refractivity contribution < 1.29 is 9.53 Å². The van der Waals surface area contributed by atoms with Gasteiger partial charge in [0.05, 0.1) is 11.4 Å². The molecule has 1 unspecified atom stereocenters. The molecule has 0 bridgehead atoms. The number of anilines is 1. The zero-order valence-corrected chi connectivity index (χ0v) is 13.9. The second-order valence-corrected chi connectivity index (χ2v) is 5.95. The zero-order valence-electron chi connectivity index (χ0n) is 13.9. The lowest BCUT2D eigenvalue weighted by Gasteiger charge is -2.21. The predicted octanol–water partition coefficient (Wildman–Crippen LogP) is 2.92. The van der Waals surface area contributed by atoms with Crippen LogP contribution in [-0.2, 0) is 4.79 Å². The van der Waals surface area contributed by atoms with Crippen LogP contribution in [0.1, 0.15) is 24.4 Å². The zero-order chi connectivity index (χ0) is 17.6. The topological polar surface area (TPSA) is 67.3 Å². The van der Waals surface area contributed by atoms with Gasteiger partial charge < -0.3 is 4.74 Å². The lowest BCUT2D eigenvalue weighted by atomic mass is 10.2. The van der Waals surface area contributed by atoms with E-state index in [9.17, 15) is 9.59 Å². The summed E-state index contributed by atoms with van der Waals surface area (Å²) < 4.78 is 7.42. The van der Waals surface area contributed by atoms with Crippen LogP contribution < -0.4 is 15.2 Å². The van der Waals surface area contributed by atoms with Gasteiger partial charge >= 0.3 is 0 Å². The highest BCUT2D eigenvalue weighted by molar-refractivity contribution is 5.95. The fourth-order valence-corrected chi connectivity index (χ4v) is 3.19. The first-order valence-electron chi connectivity index (χ1n) is 8.00. The van der Waals surface area contributed by atoms with Gasteiger partial charge in [-0.05, 0) is 31.2 Å². The average molecular weight is 335 g/mol. The van der Waals surface area contributed by atoms with Gasteiger partial charge in [-0.2, -0.15) is 0 Å². The number of amides is 1. The molecule has 1 aliphatic heterocycles. The van der Waals surface area contributed by atoms with Crippen LogP contribution in [0.4, 0.5) is 5.69 Å². The molecule has 1 N–H and O–H groups in total. The number of H-pyrrole nitrogens is 1. The summed E-state index contributed by atoms with van der Waals surface area (Å²) in [6.45, 7) is 3.27. The van der Waals surface area contributed by atoms with Crippen LogP contribution in [0.2, 0.25) is 0 Å². The molecule has 4 rings (SSSR count). The summed E-state index contributed by atoms with van der Waals surface area (Å²) in [7, 11) is 0. The van der Waals surface area contributed by atoms with Crippen LogP contribution in [0.3, 0.4) is 0 Å². The number of rotatable bonds is 2. The van der Waals surface area contributed by atoms with Crippen molar-refractivity contribution in [2.45, 2.75) is 20.1 Å². The van der Waals surface area contributed by atoms with Crippen molar-refractivity contribution in [3.8, 4) is 11.4 Å². The van der Waals surface area contributed by atoms with Gasteiger partial charge in [-0.1, -0.05) is 30.3 Å². The fourth-order valence-electron chi connectivity index (χ4n) is 3.19. The van der Waals surface area contributed by atoms with E-state index in [1.54, 1.807) is 13.0 Å². The molecule has 2 aromatic carbocycles. The summed E-state index contributed by atoms with van der Waals surface area (Å²) in [6.07, 6.45) is -0.774. The number of aryl methyl sites for hydroxylation is 1. The van der Waals surface area contributed by atoms with Gasteiger partial charge in [-0.15, -0.1) is 0 Å². The molecule has 1 atom stereocenters. The number of fused-ring (bicyclic) bond motifs is 1. The first-order valence-corrected chi connectivity index (χ1v) is 8.00. The minimum absolute atomic E-state index is 0.179. The molecular formula is C19H17N3O3. The molecule has 126 valence electrons. The molecule has 1 amide bonds. The standard InChI is InChI=1S/C19H17N3O3/c1-12-17(18(24)22(20-12)14-8-4-3-5-9-14)19-21(13(2)23)15-10-6-7-11-16(15)25-19/h3-11,19-20H,1-2H3. The SMILES string of the molecule is CC(=O)N1c2ccccc2OC1c1c(C)[nH]n(-c2ccccc2)c1=O. The van der Waals surface area contributed by atoms with E-state index in [1.165, 1.54) is 16.5 Å². The van der Waals surface area contributed by atoms with Gasteiger partial charge in [0.25, 0.3) is 5.56 Å². The van der Waals surface area contributed by atoms with Gasteiger partial charge in [0.15, 0.2) is 0 Å². The maximum atomic E-state index is 13.0. The number of para-hydroxylation sites is 3. The van der Waals surface area contributed by atoms with E-state index in [0.29, 0.717) is 22.7 Å². The summed E-state index contributed by atoms with van der Waals surface area (Å²) in [5.41, 5.74) is 2.26. The van der Waals surface area contributed by atoms with Crippen LogP contribution in [0.15, 0.2) is 59.4 Å². The number of ether oxygens (including phenoxy) is 1. The molecule has 0 fully saturated rings. The Hall–Kier alpha value is -3.28. The Balaban J connectivity index is 1.85. The van der Waals surface area contributed by atoms with E-state index >= 15 is 0 Å². The Kier molecular flexibility index (Phi) is 3.46. The summed E-state index contributed by atoms with van der Waals surface area (Å²) >= 11 is 0. The number of nitrogens with one attached hydrogen (secondary N) is 1. The molecule has 0 saturated carbocycles. The molecule has 0 radical (unpaired) electrons. The lowest BCUT2D eigenvalue weighted by molar-refractivity contribution is -0.117. The van der Waals surface area contributed by atoms with Crippen molar-refractivity contribution in [1.29, 1.82) is 0 Å². The van der Waals surface area contributed by atoms with Crippen LogP contribution in [-0.4, -0.2) is 15.7 Å². The highest BCUT2D eigenvalue weighted by atomic mass is 16.5. The molecule has 3 aromatic rings. The van der Waals surface area contributed by atoms with Crippen LogP contribution >= 0.6 is 0 Å². The van der Waals surface area contributed by atoms with Crippen LogP contribution in [0, 0.1) is 6.92 Å². The van der Waals surface area contributed by atoms with Crippen molar-refractivity contribution in [2.75, 3.05) is 4.90 Å². The maximum Gasteiger partial charge on any atom is 0.280 e. The van der Waals surface area contributed by atoms with Gasteiger partial charge in [-0.3, -0.25) is 19.6 Å². The van der Waals surface area contributed by atoms with Crippen molar-refractivity contribution >= 4 is 11.6 Å². The smallest absolute Gasteiger partial charge is 0.280 e. The van der Waals surface area contributed by atoms with E-state index < -0.39 is 6.23 Å². The number of hydrogen-bond donors (Lipinski definition) is 1. The summed E-state index contributed by atoms with van der Waals surface area (Å²) in [4.78, 5) is 26.7. The van der Waals surface area contributed by atoms with Gasteiger partial charge in [0.1, 0.15) is 11.3 Å². The number of hydrogen-bond acceptors (Lipinski definition) is 3. The molecule has 0 spiro atoms. The molecule has 1 aromatic heterocycles. The monoisotopic (exact) mass is 335 g/mol. The van der Waals surface area contributed by atoms with E-state index in [-0.39, 0.29) is 11.5 Å². The fraction of sp³-hybridized carbons (Fsp3) is 0.158. The second kappa shape index (κ2) is 5.66. The summed E-state index contributed by atoms with van der Waals surface area (Å²) in [5.74, 6) is 0.412. The van der Waals surface area contributed by atoms with Crippen LogP contribution in [0.25, 0.3) is 5.69 Å². The van der Waals surface area contributed by atoms with Crippen molar-refractivity contribution in [3.05, 3.63) is 76.2 Å². The minimum atomic E-state index is -0.774. The molecule has 0 saturated heterocycles. The van der Waals surface area contributed by atoms with Gasteiger partial charge in [0, 0.05) is 12.6 Å². The van der Waals surface area contributed by atoms with Crippen LogP contribution in [0.5, 0.6) is 5.75 Å².